The van der Waals surface area contributed by atoms with E-state index in [9.17, 15) is 13.2 Å². The molecule has 2 aliphatic rings. The number of hydrogen-bond acceptors (Lipinski definition) is 5. The van der Waals surface area contributed by atoms with Crippen LogP contribution in [0.1, 0.15) is 19.3 Å². The molecule has 18 heavy (non-hydrogen) atoms. The minimum atomic E-state index is -3.43. The van der Waals surface area contributed by atoms with Crippen molar-refractivity contribution in [3.8, 4) is 0 Å². The van der Waals surface area contributed by atoms with E-state index < -0.39 is 27.2 Å². The third kappa shape index (κ3) is 2.26. The normalized spacial score (nSPS) is 30.1. The summed E-state index contributed by atoms with van der Waals surface area (Å²) < 4.78 is 30.7. The average Bonchev–Trinajstić information content (AvgIpc) is 2.75. The summed E-state index contributed by atoms with van der Waals surface area (Å²) in [6.07, 6.45) is 1.83. The lowest BCUT2D eigenvalue weighted by Gasteiger charge is -2.39. The van der Waals surface area contributed by atoms with Gasteiger partial charge >= 0.3 is 5.97 Å². The topological polar surface area (TPSA) is 83.9 Å². The van der Waals surface area contributed by atoms with E-state index in [0.29, 0.717) is 25.9 Å². The lowest BCUT2D eigenvalue weighted by molar-refractivity contribution is -0.145. The van der Waals surface area contributed by atoms with Crippen molar-refractivity contribution in [3.63, 3.8) is 0 Å². The van der Waals surface area contributed by atoms with E-state index in [1.54, 1.807) is 0 Å². The molecule has 1 heterocycles. The van der Waals surface area contributed by atoms with E-state index in [-0.39, 0.29) is 12.5 Å². The highest BCUT2D eigenvalue weighted by Gasteiger charge is 2.47. The van der Waals surface area contributed by atoms with Gasteiger partial charge in [-0.2, -0.15) is 0 Å². The van der Waals surface area contributed by atoms with Crippen molar-refractivity contribution in [2.24, 2.45) is 11.8 Å². The molecule has 2 unspecified atom stereocenters. The van der Waals surface area contributed by atoms with Crippen molar-refractivity contribution in [3.05, 3.63) is 0 Å². The van der Waals surface area contributed by atoms with Gasteiger partial charge in [0.15, 0.2) is 0 Å². The first kappa shape index (κ1) is 13.8. The standard InChI is InChI=1S/C11H19NO5S/c1-17-11(14)9-3-2-4-10(9)18(15,16)12-5-8(6-12)7-13/h8-10,13H,2-7H2,1H3. The van der Waals surface area contributed by atoms with Crippen molar-refractivity contribution in [2.75, 3.05) is 26.8 Å². The van der Waals surface area contributed by atoms with Gasteiger partial charge in [-0.1, -0.05) is 6.42 Å². The highest BCUT2D eigenvalue weighted by Crippen LogP contribution is 2.35. The van der Waals surface area contributed by atoms with Crippen LogP contribution in [0, 0.1) is 11.8 Å². The largest absolute Gasteiger partial charge is 0.469 e. The fourth-order valence-corrected chi connectivity index (χ4v) is 5.09. The van der Waals surface area contributed by atoms with Crippen LogP contribution in [0.15, 0.2) is 0 Å². The van der Waals surface area contributed by atoms with Gasteiger partial charge in [0.1, 0.15) is 0 Å². The zero-order valence-electron chi connectivity index (χ0n) is 10.4. The van der Waals surface area contributed by atoms with Crippen molar-refractivity contribution in [2.45, 2.75) is 24.5 Å². The van der Waals surface area contributed by atoms with Gasteiger partial charge in [0, 0.05) is 25.6 Å². The van der Waals surface area contributed by atoms with Crippen LogP contribution in [0.5, 0.6) is 0 Å². The lowest BCUT2D eigenvalue weighted by atomic mass is 10.1. The Labute approximate surface area is 107 Å². The van der Waals surface area contributed by atoms with Crippen LogP contribution in [-0.4, -0.2) is 55.9 Å². The summed E-state index contributed by atoms with van der Waals surface area (Å²) in [6.45, 7) is 0.740. The molecule has 104 valence electrons. The first-order valence-electron chi connectivity index (χ1n) is 6.18. The number of aliphatic hydroxyl groups excluding tert-OH is 1. The van der Waals surface area contributed by atoms with Crippen LogP contribution in [0.2, 0.25) is 0 Å². The van der Waals surface area contributed by atoms with Crippen LogP contribution in [0.3, 0.4) is 0 Å². The Morgan fingerprint density at radius 3 is 2.61 bits per heavy atom. The summed E-state index contributed by atoms with van der Waals surface area (Å²) in [6, 6.07) is 0. The van der Waals surface area contributed by atoms with Crippen LogP contribution < -0.4 is 0 Å². The molecule has 0 radical (unpaired) electrons. The minimum Gasteiger partial charge on any atom is -0.469 e. The average molecular weight is 277 g/mol. The molecule has 2 rings (SSSR count). The molecule has 1 saturated heterocycles. The fraction of sp³-hybridized carbons (Fsp3) is 0.909. The van der Waals surface area contributed by atoms with Crippen LogP contribution in [0.4, 0.5) is 0 Å². The summed E-state index contributed by atoms with van der Waals surface area (Å²) in [4.78, 5) is 11.6. The molecule has 2 fully saturated rings. The predicted octanol–water partition coefficient (Wildman–Crippen LogP) is -0.418. The summed E-state index contributed by atoms with van der Waals surface area (Å²) in [7, 11) is -2.14. The molecule has 2 atom stereocenters. The SMILES string of the molecule is COC(=O)C1CCCC1S(=O)(=O)N1CC(CO)C1. The maximum Gasteiger partial charge on any atom is 0.310 e. The summed E-state index contributed by atoms with van der Waals surface area (Å²) >= 11 is 0. The molecule has 1 saturated carbocycles. The van der Waals surface area contributed by atoms with E-state index in [0.717, 1.165) is 6.42 Å². The number of rotatable bonds is 4. The molecule has 1 aliphatic heterocycles. The third-order valence-corrected chi connectivity index (χ3v) is 6.23. The molecular formula is C11H19NO5S. The number of hydrogen-bond donors (Lipinski definition) is 1. The smallest absolute Gasteiger partial charge is 0.310 e. The Morgan fingerprint density at radius 1 is 1.39 bits per heavy atom. The zero-order chi connectivity index (χ0) is 13.3. The molecule has 6 nitrogen and oxygen atoms in total. The summed E-state index contributed by atoms with van der Waals surface area (Å²) in [5.74, 6) is -0.925. The number of sulfonamides is 1. The fourth-order valence-electron chi connectivity index (χ4n) is 2.74. The molecule has 0 aromatic rings. The number of carbonyl (C=O) groups is 1. The van der Waals surface area contributed by atoms with Gasteiger partial charge in [0.05, 0.1) is 18.3 Å². The first-order chi connectivity index (χ1) is 8.50. The predicted molar refractivity (Wildman–Crippen MR) is 64.2 cm³/mol. The third-order valence-electron chi connectivity index (χ3n) is 3.88. The number of esters is 1. The monoisotopic (exact) mass is 277 g/mol. The van der Waals surface area contributed by atoms with Gasteiger partial charge in [0.25, 0.3) is 0 Å². The number of ether oxygens (including phenoxy) is 1. The van der Waals surface area contributed by atoms with Crippen molar-refractivity contribution < 1.29 is 23.1 Å². The molecule has 7 heteroatoms. The number of nitrogens with zero attached hydrogens (tertiary/aromatic N) is 1. The first-order valence-corrected chi connectivity index (χ1v) is 7.68. The van der Waals surface area contributed by atoms with Crippen LogP contribution in [-0.2, 0) is 19.6 Å². The van der Waals surface area contributed by atoms with Crippen LogP contribution in [0.25, 0.3) is 0 Å². The van der Waals surface area contributed by atoms with E-state index in [1.165, 1.54) is 11.4 Å². The van der Waals surface area contributed by atoms with E-state index in [4.69, 9.17) is 5.11 Å². The minimum absolute atomic E-state index is 0.0110. The Morgan fingerprint density at radius 2 is 2.06 bits per heavy atom. The maximum atomic E-state index is 12.3. The van der Waals surface area contributed by atoms with Gasteiger partial charge < -0.3 is 9.84 Å². The molecule has 0 aromatic heterocycles. The van der Waals surface area contributed by atoms with E-state index in [1.807, 2.05) is 0 Å². The zero-order valence-corrected chi connectivity index (χ0v) is 11.2. The molecule has 0 aromatic carbocycles. The molecule has 0 amide bonds. The highest BCUT2D eigenvalue weighted by molar-refractivity contribution is 7.89. The molecule has 0 spiro atoms. The summed E-state index contributed by atoms with van der Waals surface area (Å²) in [5, 5.41) is 8.27. The molecule has 1 N–H and O–H groups in total. The van der Waals surface area contributed by atoms with Gasteiger partial charge in [0.2, 0.25) is 10.0 Å². The van der Waals surface area contributed by atoms with Gasteiger partial charge in [-0.15, -0.1) is 0 Å². The molecule has 0 bridgehead atoms. The van der Waals surface area contributed by atoms with E-state index >= 15 is 0 Å². The van der Waals surface area contributed by atoms with Gasteiger partial charge in [-0.25, -0.2) is 12.7 Å². The second-order valence-corrected chi connectivity index (χ2v) is 7.16. The van der Waals surface area contributed by atoms with E-state index in [2.05, 4.69) is 4.74 Å². The Balaban J connectivity index is 2.08. The van der Waals surface area contributed by atoms with Crippen molar-refractivity contribution in [1.29, 1.82) is 0 Å². The number of methoxy groups -OCH3 is 1. The quantitative estimate of drug-likeness (QED) is 0.706. The second-order valence-electron chi connectivity index (χ2n) is 5.01. The Hall–Kier alpha value is -0.660. The Kier molecular flexibility index (Phi) is 3.93. The molecule has 1 aliphatic carbocycles. The van der Waals surface area contributed by atoms with Crippen molar-refractivity contribution >= 4 is 16.0 Å². The summed E-state index contributed by atoms with van der Waals surface area (Å²) in [5.41, 5.74) is 0. The van der Waals surface area contributed by atoms with Crippen molar-refractivity contribution in [1.82, 2.24) is 4.31 Å². The van der Waals surface area contributed by atoms with Gasteiger partial charge in [-0.05, 0) is 12.8 Å². The number of aliphatic hydroxyl groups is 1. The lowest BCUT2D eigenvalue weighted by Crippen LogP contribution is -2.55. The Bertz CT molecular complexity index is 415. The molecular weight excluding hydrogens is 258 g/mol. The van der Waals surface area contributed by atoms with Crippen LogP contribution >= 0.6 is 0 Å². The second kappa shape index (κ2) is 5.14. The maximum absolute atomic E-state index is 12.3. The number of carbonyl (C=O) groups excluding carboxylic acids is 1. The highest BCUT2D eigenvalue weighted by atomic mass is 32.2. The van der Waals surface area contributed by atoms with Gasteiger partial charge in [-0.3, -0.25) is 4.79 Å².